The third kappa shape index (κ3) is 2.75. The highest BCUT2D eigenvalue weighted by molar-refractivity contribution is 5.60. The third-order valence-corrected chi connectivity index (χ3v) is 3.22. The lowest BCUT2D eigenvalue weighted by atomic mass is 10.1. The Morgan fingerprint density at radius 3 is 2.75 bits per heavy atom. The Balaban J connectivity index is 2.26. The van der Waals surface area contributed by atoms with Crippen molar-refractivity contribution in [2.24, 2.45) is 7.05 Å². The molecule has 1 aromatic heterocycles. The third-order valence-electron chi connectivity index (χ3n) is 3.22. The summed E-state index contributed by atoms with van der Waals surface area (Å²) in [4.78, 5) is 0. The largest absolute Gasteiger partial charge is 0.495 e. The number of methoxy groups -OCH3 is 1. The maximum Gasteiger partial charge on any atom is 0.143 e. The van der Waals surface area contributed by atoms with Crippen molar-refractivity contribution >= 4 is 5.69 Å². The molecule has 20 heavy (non-hydrogen) atoms. The smallest absolute Gasteiger partial charge is 0.143 e. The van der Waals surface area contributed by atoms with Gasteiger partial charge < -0.3 is 10.1 Å². The van der Waals surface area contributed by atoms with Gasteiger partial charge in [-0.05, 0) is 26.0 Å². The molecule has 0 radical (unpaired) electrons. The first-order valence-electron chi connectivity index (χ1n) is 6.40. The molecule has 1 heterocycles. The van der Waals surface area contributed by atoms with E-state index in [9.17, 15) is 0 Å². The first-order valence-corrected chi connectivity index (χ1v) is 6.40. The summed E-state index contributed by atoms with van der Waals surface area (Å²) < 4.78 is 7.13. The Bertz CT molecular complexity index is 654. The highest BCUT2D eigenvalue weighted by atomic mass is 16.5. The summed E-state index contributed by atoms with van der Waals surface area (Å²) in [5, 5.41) is 16.7. The molecule has 104 valence electrons. The molecule has 5 heteroatoms. The molecule has 0 amide bonds. The van der Waals surface area contributed by atoms with Crippen molar-refractivity contribution in [3.05, 3.63) is 41.2 Å². The summed E-state index contributed by atoms with van der Waals surface area (Å²) in [7, 11) is 3.51. The van der Waals surface area contributed by atoms with Crippen molar-refractivity contribution in [3.8, 4) is 11.8 Å². The summed E-state index contributed by atoms with van der Waals surface area (Å²) in [6, 6.07) is 7.57. The van der Waals surface area contributed by atoms with Crippen LogP contribution in [0.4, 0.5) is 5.69 Å². The monoisotopic (exact) mass is 270 g/mol. The van der Waals surface area contributed by atoms with Gasteiger partial charge in [-0.1, -0.05) is 0 Å². The van der Waals surface area contributed by atoms with Crippen molar-refractivity contribution in [3.63, 3.8) is 0 Å². The van der Waals surface area contributed by atoms with E-state index in [1.54, 1.807) is 23.9 Å². The highest BCUT2D eigenvalue weighted by Crippen LogP contribution is 2.29. The number of hydrogen-bond donors (Lipinski definition) is 1. The van der Waals surface area contributed by atoms with Crippen molar-refractivity contribution in [1.29, 1.82) is 5.26 Å². The van der Waals surface area contributed by atoms with E-state index in [2.05, 4.69) is 23.4 Å². The SMILES string of the molecule is COc1cc(C#N)ccc1NC(C)c1cn(C)nc1C. The van der Waals surface area contributed by atoms with E-state index in [1.165, 1.54) is 0 Å². The Kier molecular flexibility index (Phi) is 3.94. The van der Waals surface area contributed by atoms with E-state index >= 15 is 0 Å². The molecule has 1 atom stereocenters. The van der Waals surface area contributed by atoms with Crippen LogP contribution in [0, 0.1) is 18.3 Å². The maximum absolute atomic E-state index is 8.91. The standard InChI is InChI=1S/C15H18N4O/c1-10(13-9-19(3)18-11(13)2)17-14-6-5-12(8-16)7-15(14)20-4/h5-7,9-10,17H,1-4H3. The minimum absolute atomic E-state index is 0.102. The van der Waals surface area contributed by atoms with E-state index in [4.69, 9.17) is 10.00 Å². The zero-order valence-electron chi connectivity index (χ0n) is 12.1. The molecule has 1 N–H and O–H groups in total. The quantitative estimate of drug-likeness (QED) is 0.928. The number of benzene rings is 1. The highest BCUT2D eigenvalue weighted by Gasteiger charge is 2.13. The number of aryl methyl sites for hydroxylation is 2. The fraction of sp³-hybridized carbons (Fsp3) is 0.333. The molecule has 0 spiro atoms. The summed E-state index contributed by atoms with van der Waals surface area (Å²) >= 11 is 0. The number of nitrogens with one attached hydrogen (secondary N) is 1. The second-order valence-electron chi connectivity index (χ2n) is 4.74. The van der Waals surface area contributed by atoms with Crippen molar-refractivity contribution in [2.75, 3.05) is 12.4 Å². The minimum Gasteiger partial charge on any atom is -0.495 e. The zero-order chi connectivity index (χ0) is 14.7. The molecule has 5 nitrogen and oxygen atoms in total. The number of hydrogen-bond acceptors (Lipinski definition) is 4. The average molecular weight is 270 g/mol. The van der Waals surface area contributed by atoms with Crippen LogP contribution in [0.3, 0.4) is 0 Å². The van der Waals surface area contributed by atoms with Gasteiger partial charge in [-0.15, -0.1) is 0 Å². The number of rotatable bonds is 4. The lowest BCUT2D eigenvalue weighted by molar-refractivity contribution is 0.416. The first kappa shape index (κ1) is 13.9. The van der Waals surface area contributed by atoms with Crippen LogP contribution in [0.5, 0.6) is 5.75 Å². The van der Waals surface area contributed by atoms with Gasteiger partial charge in [0.1, 0.15) is 5.75 Å². The molecule has 1 unspecified atom stereocenters. The molecular weight excluding hydrogens is 252 g/mol. The van der Waals surface area contributed by atoms with Crippen molar-refractivity contribution in [2.45, 2.75) is 19.9 Å². The van der Waals surface area contributed by atoms with Crippen LogP contribution in [0.1, 0.15) is 29.8 Å². The van der Waals surface area contributed by atoms with Gasteiger partial charge in [-0.3, -0.25) is 4.68 Å². The van der Waals surface area contributed by atoms with Gasteiger partial charge in [0.25, 0.3) is 0 Å². The van der Waals surface area contributed by atoms with Crippen molar-refractivity contribution < 1.29 is 4.74 Å². The molecule has 0 saturated carbocycles. The van der Waals surface area contributed by atoms with Crippen LogP contribution in [-0.2, 0) is 7.05 Å². The van der Waals surface area contributed by atoms with Crippen LogP contribution in [-0.4, -0.2) is 16.9 Å². The van der Waals surface area contributed by atoms with Crippen LogP contribution < -0.4 is 10.1 Å². The van der Waals surface area contributed by atoms with E-state index in [0.29, 0.717) is 11.3 Å². The van der Waals surface area contributed by atoms with Gasteiger partial charge in [-0.2, -0.15) is 10.4 Å². The second-order valence-corrected chi connectivity index (χ2v) is 4.74. The normalized spacial score (nSPS) is 11.8. The molecule has 0 fully saturated rings. The molecule has 0 saturated heterocycles. The fourth-order valence-electron chi connectivity index (χ4n) is 2.23. The average Bonchev–Trinajstić information content (AvgIpc) is 2.78. The Labute approximate surface area is 118 Å². The number of aromatic nitrogens is 2. The second kappa shape index (κ2) is 5.66. The van der Waals surface area contributed by atoms with E-state index in [-0.39, 0.29) is 6.04 Å². The molecule has 2 rings (SSSR count). The molecule has 1 aromatic carbocycles. The van der Waals surface area contributed by atoms with E-state index < -0.39 is 0 Å². The van der Waals surface area contributed by atoms with Crippen LogP contribution >= 0.6 is 0 Å². The van der Waals surface area contributed by atoms with Gasteiger partial charge in [0, 0.05) is 24.9 Å². The first-order chi connectivity index (χ1) is 9.55. The van der Waals surface area contributed by atoms with Gasteiger partial charge in [0.15, 0.2) is 0 Å². The number of ether oxygens (including phenoxy) is 1. The minimum atomic E-state index is 0.102. The lowest BCUT2D eigenvalue weighted by Gasteiger charge is -2.17. The van der Waals surface area contributed by atoms with Gasteiger partial charge in [0.05, 0.1) is 36.2 Å². The number of nitriles is 1. The van der Waals surface area contributed by atoms with Crippen LogP contribution in [0.25, 0.3) is 0 Å². The van der Waals surface area contributed by atoms with E-state index in [0.717, 1.165) is 16.9 Å². The molecule has 2 aromatic rings. The predicted molar refractivity (Wildman–Crippen MR) is 77.7 cm³/mol. The molecule has 0 bridgehead atoms. The van der Waals surface area contributed by atoms with E-state index in [1.807, 2.05) is 26.2 Å². The topological polar surface area (TPSA) is 62.9 Å². The molecule has 0 aliphatic rings. The Morgan fingerprint density at radius 1 is 1.45 bits per heavy atom. The van der Waals surface area contributed by atoms with Crippen LogP contribution in [0.15, 0.2) is 24.4 Å². The summed E-state index contributed by atoms with van der Waals surface area (Å²) in [6.07, 6.45) is 2.00. The molecule has 0 aliphatic heterocycles. The Hall–Kier alpha value is -2.48. The summed E-state index contributed by atoms with van der Waals surface area (Å²) in [5.41, 5.74) is 3.58. The van der Waals surface area contributed by atoms with Gasteiger partial charge >= 0.3 is 0 Å². The Morgan fingerprint density at radius 2 is 2.20 bits per heavy atom. The van der Waals surface area contributed by atoms with Gasteiger partial charge in [0.2, 0.25) is 0 Å². The van der Waals surface area contributed by atoms with Gasteiger partial charge in [-0.25, -0.2) is 0 Å². The zero-order valence-corrected chi connectivity index (χ0v) is 12.1. The number of nitrogens with zero attached hydrogens (tertiary/aromatic N) is 3. The van der Waals surface area contributed by atoms with Crippen molar-refractivity contribution in [1.82, 2.24) is 9.78 Å². The molecular formula is C15H18N4O. The predicted octanol–water partition coefficient (Wildman–Crippen LogP) is 2.78. The summed E-state index contributed by atoms with van der Waals surface area (Å²) in [5.74, 6) is 0.664. The fourth-order valence-corrected chi connectivity index (χ4v) is 2.23. The number of anilines is 1. The lowest BCUT2D eigenvalue weighted by Crippen LogP contribution is -2.08. The van der Waals surface area contributed by atoms with Crippen LogP contribution in [0.2, 0.25) is 0 Å². The summed E-state index contributed by atoms with van der Waals surface area (Å²) in [6.45, 7) is 4.06. The maximum atomic E-state index is 8.91. The molecule has 0 aliphatic carbocycles.